The smallest absolute Gasteiger partial charge is 0.264 e. The predicted molar refractivity (Wildman–Crippen MR) is 107 cm³/mol. The Morgan fingerprint density at radius 2 is 1.69 bits per heavy atom. The first-order valence-electron chi connectivity index (χ1n) is 9.43. The number of anilines is 1. The zero-order valence-electron chi connectivity index (χ0n) is 15.7. The number of fused-ring (bicyclic) bond motifs is 1. The molecule has 0 spiro atoms. The van der Waals surface area contributed by atoms with Gasteiger partial charge in [-0.25, -0.2) is 8.42 Å². The number of sulfonamides is 1. The van der Waals surface area contributed by atoms with Gasteiger partial charge in [0.15, 0.2) is 0 Å². The lowest BCUT2D eigenvalue weighted by Gasteiger charge is -2.20. The van der Waals surface area contributed by atoms with Crippen molar-refractivity contribution in [3.8, 4) is 0 Å². The number of nitrogens with one attached hydrogen (secondary N) is 1. The fourth-order valence-electron chi connectivity index (χ4n) is 3.36. The van der Waals surface area contributed by atoms with Crippen molar-refractivity contribution in [3.05, 3.63) is 59.2 Å². The van der Waals surface area contributed by atoms with Crippen LogP contribution in [0.5, 0.6) is 0 Å². The molecule has 1 aliphatic heterocycles. The number of rotatable bonds is 6. The van der Waals surface area contributed by atoms with Crippen LogP contribution in [0.3, 0.4) is 0 Å². The lowest BCUT2D eigenvalue weighted by molar-refractivity contribution is 0.594. The van der Waals surface area contributed by atoms with E-state index < -0.39 is 10.0 Å². The molecule has 4 nitrogen and oxygen atoms in total. The van der Waals surface area contributed by atoms with Gasteiger partial charge in [-0.15, -0.1) is 0 Å². The second-order valence-corrected chi connectivity index (χ2v) is 8.89. The van der Waals surface area contributed by atoms with Crippen LogP contribution in [0.25, 0.3) is 0 Å². The van der Waals surface area contributed by atoms with Gasteiger partial charge >= 0.3 is 0 Å². The Labute approximate surface area is 157 Å². The molecule has 1 aliphatic rings. The molecule has 5 heteroatoms. The predicted octanol–water partition coefficient (Wildman–Crippen LogP) is 3.54. The van der Waals surface area contributed by atoms with Gasteiger partial charge in [-0.1, -0.05) is 31.5 Å². The molecule has 0 aromatic heterocycles. The maximum Gasteiger partial charge on any atom is 0.264 e. The molecule has 140 valence electrons. The van der Waals surface area contributed by atoms with Gasteiger partial charge in [0.1, 0.15) is 0 Å². The Morgan fingerprint density at radius 1 is 1.00 bits per heavy atom. The van der Waals surface area contributed by atoms with E-state index in [0.29, 0.717) is 10.6 Å². The fraction of sp³-hybridized carbons (Fsp3) is 0.429. The molecule has 3 rings (SSSR count). The summed E-state index contributed by atoms with van der Waals surface area (Å²) in [4.78, 5) is 0.371. The van der Waals surface area contributed by atoms with Crippen LogP contribution < -0.4 is 9.62 Å². The summed E-state index contributed by atoms with van der Waals surface area (Å²) < 4.78 is 27.5. The molecule has 0 atom stereocenters. The minimum absolute atomic E-state index is 0.371. The van der Waals surface area contributed by atoms with Gasteiger partial charge in [-0.05, 0) is 79.7 Å². The van der Waals surface area contributed by atoms with Gasteiger partial charge < -0.3 is 5.32 Å². The lowest BCUT2D eigenvalue weighted by Crippen LogP contribution is -2.26. The quantitative estimate of drug-likeness (QED) is 0.844. The highest BCUT2D eigenvalue weighted by Gasteiger charge is 2.22. The van der Waals surface area contributed by atoms with Crippen molar-refractivity contribution in [2.45, 2.75) is 43.9 Å². The van der Waals surface area contributed by atoms with Crippen molar-refractivity contribution in [2.75, 3.05) is 24.4 Å². The van der Waals surface area contributed by atoms with Gasteiger partial charge in [0, 0.05) is 7.05 Å². The summed E-state index contributed by atoms with van der Waals surface area (Å²) in [7, 11) is -1.93. The minimum atomic E-state index is -3.55. The molecule has 0 radical (unpaired) electrons. The molecule has 1 N–H and O–H groups in total. The number of hydrogen-bond donors (Lipinski definition) is 1. The van der Waals surface area contributed by atoms with Crippen molar-refractivity contribution in [3.63, 3.8) is 0 Å². The van der Waals surface area contributed by atoms with Crippen LogP contribution in [0.2, 0.25) is 0 Å². The summed E-state index contributed by atoms with van der Waals surface area (Å²) >= 11 is 0. The molecule has 26 heavy (non-hydrogen) atoms. The largest absolute Gasteiger partial charge is 0.316 e. The van der Waals surface area contributed by atoms with E-state index in [-0.39, 0.29) is 0 Å². The van der Waals surface area contributed by atoms with E-state index in [4.69, 9.17) is 0 Å². The molecular weight excluding hydrogens is 344 g/mol. The standard InChI is InChI=1S/C21H28N2O2S/c1-3-4-5-17-6-9-20(10-7-17)23(2)26(24,25)21-11-8-18-12-14-22-15-13-19(18)16-21/h6-11,16,22H,3-5,12-15H2,1-2H3. The summed E-state index contributed by atoms with van der Waals surface area (Å²) in [6, 6.07) is 13.4. The monoisotopic (exact) mass is 372 g/mol. The van der Waals surface area contributed by atoms with Crippen molar-refractivity contribution in [1.82, 2.24) is 5.32 Å². The molecule has 0 aliphatic carbocycles. The van der Waals surface area contributed by atoms with Crippen molar-refractivity contribution >= 4 is 15.7 Å². The van der Waals surface area contributed by atoms with Crippen molar-refractivity contribution in [1.29, 1.82) is 0 Å². The van der Waals surface area contributed by atoms with Crippen molar-refractivity contribution in [2.24, 2.45) is 0 Å². The van der Waals surface area contributed by atoms with Crippen LogP contribution in [-0.2, 0) is 29.3 Å². The summed E-state index contributed by atoms with van der Waals surface area (Å²) in [6.45, 7) is 4.01. The zero-order valence-corrected chi connectivity index (χ0v) is 16.5. The van der Waals surface area contributed by atoms with Gasteiger partial charge in [-0.2, -0.15) is 0 Å². The van der Waals surface area contributed by atoms with Gasteiger partial charge in [0.05, 0.1) is 10.6 Å². The minimum Gasteiger partial charge on any atom is -0.316 e. The first-order chi connectivity index (χ1) is 12.5. The van der Waals surface area contributed by atoms with Gasteiger partial charge in [-0.3, -0.25) is 4.31 Å². The molecule has 2 aromatic rings. The molecule has 0 unspecified atom stereocenters. The van der Waals surface area contributed by atoms with E-state index in [9.17, 15) is 8.42 Å². The molecular formula is C21H28N2O2S. The summed E-state index contributed by atoms with van der Waals surface area (Å²) in [5, 5.41) is 3.36. The molecule has 0 saturated heterocycles. The van der Waals surface area contributed by atoms with Crippen molar-refractivity contribution < 1.29 is 8.42 Å². The molecule has 0 saturated carbocycles. The maximum absolute atomic E-state index is 13.1. The average Bonchev–Trinajstić information content (AvgIpc) is 2.91. The highest BCUT2D eigenvalue weighted by molar-refractivity contribution is 7.92. The molecule has 2 aromatic carbocycles. The van der Waals surface area contributed by atoms with E-state index in [0.717, 1.165) is 50.8 Å². The van der Waals surface area contributed by atoms with E-state index in [2.05, 4.69) is 12.2 Å². The van der Waals surface area contributed by atoms with Crippen LogP contribution in [0, 0.1) is 0 Å². The third-order valence-corrected chi connectivity index (χ3v) is 6.88. The third-order valence-electron chi connectivity index (χ3n) is 5.10. The van der Waals surface area contributed by atoms with E-state index >= 15 is 0 Å². The first kappa shape index (κ1) is 18.9. The number of nitrogens with zero attached hydrogens (tertiary/aromatic N) is 1. The van der Waals surface area contributed by atoms with Crippen LogP contribution in [0.4, 0.5) is 5.69 Å². The van der Waals surface area contributed by atoms with Gasteiger partial charge in [0.2, 0.25) is 0 Å². The Balaban J connectivity index is 1.84. The Bertz CT molecular complexity index is 845. The molecule has 0 bridgehead atoms. The molecule has 0 fully saturated rings. The zero-order chi connectivity index (χ0) is 18.6. The van der Waals surface area contributed by atoms with E-state index in [1.807, 2.05) is 36.4 Å². The number of benzene rings is 2. The van der Waals surface area contributed by atoms with Crippen LogP contribution >= 0.6 is 0 Å². The average molecular weight is 373 g/mol. The highest BCUT2D eigenvalue weighted by atomic mass is 32.2. The van der Waals surface area contributed by atoms with Crippen LogP contribution in [0.1, 0.15) is 36.5 Å². The number of hydrogen-bond acceptors (Lipinski definition) is 3. The summed E-state index contributed by atoms with van der Waals surface area (Å²) in [5.41, 5.74) is 4.33. The Hall–Kier alpha value is -1.85. The number of aryl methyl sites for hydroxylation is 1. The first-order valence-corrected chi connectivity index (χ1v) is 10.9. The fourth-order valence-corrected chi connectivity index (χ4v) is 4.61. The second-order valence-electron chi connectivity index (χ2n) is 6.92. The molecule has 1 heterocycles. The van der Waals surface area contributed by atoms with E-state index in [1.165, 1.54) is 15.4 Å². The highest BCUT2D eigenvalue weighted by Crippen LogP contribution is 2.25. The normalized spacial score (nSPS) is 14.5. The summed E-state index contributed by atoms with van der Waals surface area (Å²) in [5.74, 6) is 0. The topological polar surface area (TPSA) is 49.4 Å². The van der Waals surface area contributed by atoms with E-state index in [1.54, 1.807) is 13.1 Å². The Kier molecular flexibility index (Phi) is 5.99. The van der Waals surface area contributed by atoms with Crippen LogP contribution in [0.15, 0.2) is 47.4 Å². The number of unbranched alkanes of at least 4 members (excludes halogenated alkanes) is 1. The Morgan fingerprint density at radius 3 is 2.38 bits per heavy atom. The maximum atomic E-state index is 13.1. The lowest BCUT2D eigenvalue weighted by atomic mass is 10.0. The summed E-state index contributed by atoms with van der Waals surface area (Å²) in [6.07, 6.45) is 5.16. The second kappa shape index (κ2) is 8.23. The van der Waals surface area contributed by atoms with Gasteiger partial charge in [0.25, 0.3) is 10.0 Å². The molecule has 0 amide bonds. The SMILES string of the molecule is CCCCc1ccc(N(C)S(=O)(=O)c2ccc3c(c2)CCNCC3)cc1. The van der Waals surface area contributed by atoms with Crippen LogP contribution in [-0.4, -0.2) is 28.6 Å². The third kappa shape index (κ3) is 4.10.